The Balaban J connectivity index is 2.72. The highest BCUT2D eigenvalue weighted by Gasteiger charge is 2.25. The summed E-state index contributed by atoms with van der Waals surface area (Å²) >= 11 is 0. The first-order chi connectivity index (χ1) is 8.40. The largest absolute Gasteiger partial charge is 0.508 e. The Bertz CT molecular complexity index is 423. The molecule has 1 aromatic carbocycles. The molecule has 1 unspecified atom stereocenters. The van der Waals surface area contributed by atoms with Gasteiger partial charge in [-0.15, -0.1) is 0 Å². The van der Waals surface area contributed by atoms with Gasteiger partial charge in [-0.2, -0.15) is 0 Å². The molecule has 1 rings (SSSR count). The molecule has 0 aliphatic carbocycles. The van der Waals surface area contributed by atoms with Crippen LogP contribution in [0.15, 0.2) is 24.3 Å². The molecule has 0 aromatic heterocycles. The first-order valence-corrected chi connectivity index (χ1v) is 5.79. The van der Waals surface area contributed by atoms with Gasteiger partial charge in [-0.3, -0.25) is 4.79 Å². The summed E-state index contributed by atoms with van der Waals surface area (Å²) in [6.45, 7) is 4.86. The van der Waals surface area contributed by atoms with Gasteiger partial charge in [-0.05, 0) is 31.0 Å². The third-order valence-corrected chi connectivity index (χ3v) is 2.63. The van der Waals surface area contributed by atoms with Crippen molar-refractivity contribution in [2.45, 2.75) is 33.2 Å². The molecule has 0 bridgehead atoms. The second-order valence-corrected chi connectivity index (χ2v) is 4.51. The number of phenols is 1. The molecule has 0 aliphatic rings. The highest BCUT2D eigenvalue weighted by molar-refractivity contribution is 5.93. The zero-order valence-electron chi connectivity index (χ0n) is 10.9. The van der Waals surface area contributed by atoms with Gasteiger partial charge in [0.05, 0.1) is 19.9 Å². The number of rotatable bonds is 5. The number of aromatic hydroxyl groups is 1. The molecule has 0 spiro atoms. The molecule has 4 nitrogen and oxygen atoms in total. The molecular formula is C14H18NO3+. The van der Waals surface area contributed by atoms with Crippen LogP contribution >= 0.6 is 0 Å². The maximum Gasteiger partial charge on any atom is 0.404 e. The van der Waals surface area contributed by atoms with E-state index in [0.717, 1.165) is 5.56 Å². The Labute approximate surface area is 107 Å². The number of carbonyl (C=O) groups excluding carboxylic acids is 2. The van der Waals surface area contributed by atoms with Crippen molar-refractivity contribution in [3.8, 4) is 5.75 Å². The van der Waals surface area contributed by atoms with E-state index in [1.165, 1.54) is 6.92 Å². The normalized spacial score (nSPS) is 11.7. The van der Waals surface area contributed by atoms with Gasteiger partial charge in [0, 0.05) is 0 Å². The number of carbonyl (C=O) groups is 2. The molecule has 0 fully saturated rings. The van der Waals surface area contributed by atoms with E-state index < -0.39 is 6.04 Å². The Kier molecular flexibility index (Phi) is 4.77. The molecule has 1 aromatic rings. The molecule has 0 saturated carbocycles. The Morgan fingerprint density at radius 2 is 1.83 bits per heavy atom. The van der Waals surface area contributed by atoms with Crippen LogP contribution in [0.1, 0.15) is 26.3 Å². The summed E-state index contributed by atoms with van der Waals surface area (Å²) in [6, 6.07) is 6.06. The first-order valence-electron chi connectivity index (χ1n) is 5.79. The molecule has 18 heavy (non-hydrogen) atoms. The highest BCUT2D eigenvalue weighted by atomic mass is 16.3. The van der Waals surface area contributed by atoms with Crippen molar-refractivity contribution in [2.75, 3.05) is 0 Å². The average Bonchev–Trinajstić information content (AvgIpc) is 2.30. The number of ketones is 1. The van der Waals surface area contributed by atoms with E-state index in [-0.39, 0.29) is 17.4 Å². The number of Topliss-reactive ketones (excluding diaryl/α,β-unsaturated/α-hetero) is 1. The van der Waals surface area contributed by atoms with Crippen molar-refractivity contribution in [1.29, 1.82) is 0 Å². The van der Waals surface area contributed by atoms with Crippen molar-refractivity contribution in [2.24, 2.45) is 0 Å². The lowest BCUT2D eigenvalue weighted by Gasteiger charge is -2.14. The van der Waals surface area contributed by atoms with Gasteiger partial charge < -0.3 is 10.4 Å². The minimum Gasteiger partial charge on any atom is -0.508 e. The maximum atomic E-state index is 11.6. The SMILES string of the molecule is CC(=O)C(Cc1ccc(O)cc1)NC(=O)[C+](C)C. The molecule has 0 aliphatic heterocycles. The summed E-state index contributed by atoms with van der Waals surface area (Å²) in [4.78, 5) is 23.1. The molecule has 0 radical (unpaired) electrons. The highest BCUT2D eigenvalue weighted by Crippen LogP contribution is 2.12. The van der Waals surface area contributed by atoms with Gasteiger partial charge >= 0.3 is 5.91 Å². The van der Waals surface area contributed by atoms with Crippen molar-refractivity contribution < 1.29 is 14.7 Å². The van der Waals surface area contributed by atoms with E-state index in [4.69, 9.17) is 0 Å². The lowest BCUT2D eigenvalue weighted by Crippen LogP contribution is -2.42. The second-order valence-electron chi connectivity index (χ2n) is 4.51. The lowest BCUT2D eigenvalue weighted by molar-refractivity contribution is -0.125. The average molecular weight is 248 g/mol. The van der Waals surface area contributed by atoms with Gasteiger partial charge in [0.25, 0.3) is 0 Å². The summed E-state index contributed by atoms with van der Waals surface area (Å²) in [5.41, 5.74) is 0.891. The predicted molar refractivity (Wildman–Crippen MR) is 69.0 cm³/mol. The second kappa shape index (κ2) is 6.10. The number of benzene rings is 1. The molecule has 96 valence electrons. The van der Waals surface area contributed by atoms with Crippen molar-refractivity contribution >= 4 is 11.7 Å². The van der Waals surface area contributed by atoms with Gasteiger partial charge in [-0.25, -0.2) is 4.79 Å². The van der Waals surface area contributed by atoms with E-state index in [0.29, 0.717) is 12.3 Å². The molecule has 4 heteroatoms. The molecule has 0 saturated heterocycles. The van der Waals surface area contributed by atoms with Gasteiger partial charge in [0.2, 0.25) is 0 Å². The molecule has 1 atom stereocenters. The first kappa shape index (κ1) is 14.1. The molecule has 2 N–H and O–H groups in total. The van der Waals surface area contributed by atoms with Crippen LogP contribution in [0.3, 0.4) is 0 Å². The fourth-order valence-corrected chi connectivity index (χ4v) is 1.47. The van der Waals surface area contributed by atoms with Crippen LogP contribution in [0.2, 0.25) is 0 Å². The van der Waals surface area contributed by atoms with Crippen molar-refractivity contribution in [3.05, 3.63) is 35.7 Å². The van der Waals surface area contributed by atoms with Gasteiger partial charge in [0.15, 0.2) is 11.7 Å². The van der Waals surface area contributed by atoms with Crippen LogP contribution in [-0.4, -0.2) is 22.8 Å². The minimum atomic E-state index is -0.531. The molecule has 0 heterocycles. The third kappa shape index (κ3) is 4.13. The van der Waals surface area contributed by atoms with E-state index >= 15 is 0 Å². The van der Waals surface area contributed by atoms with E-state index in [1.807, 2.05) is 0 Å². The summed E-state index contributed by atoms with van der Waals surface area (Å²) in [7, 11) is 0. The van der Waals surface area contributed by atoms with Crippen LogP contribution in [0.4, 0.5) is 0 Å². The summed E-state index contributed by atoms with van der Waals surface area (Å²) in [6.07, 6.45) is 0.425. The molecule has 1 amide bonds. The monoisotopic (exact) mass is 248 g/mol. The van der Waals surface area contributed by atoms with Gasteiger partial charge in [-0.1, -0.05) is 12.1 Å². The number of hydrogen-bond donors (Lipinski definition) is 2. The van der Waals surface area contributed by atoms with Crippen LogP contribution in [-0.2, 0) is 16.0 Å². The maximum absolute atomic E-state index is 11.6. The topological polar surface area (TPSA) is 66.4 Å². The van der Waals surface area contributed by atoms with Crippen LogP contribution in [0.25, 0.3) is 0 Å². The minimum absolute atomic E-state index is 0.0855. The predicted octanol–water partition coefficient (Wildman–Crippen LogP) is 1.62. The van der Waals surface area contributed by atoms with E-state index in [1.54, 1.807) is 38.1 Å². The smallest absolute Gasteiger partial charge is 0.404 e. The van der Waals surface area contributed by atoms with E-state index in [9.17, 15) is 14.7 Å². The summed E-state index contributed by atoms with van der Waals surface area (Å²) in [5.74, 6) is 0.499. The Morgan fingerprint density at radius 1 is 1.28 bits per heavy atom. The fourth-order valence-electron chi connectivity index (χ4n) is 1.47. The molecular weight excluding hydrogens is 230 g/mol. The Hall–Kier alpha value is -1.97. The van der Waals surface area contributed by atoms with Crippen molar-refractivity contribution in [1.82, 2.24) is 5.32 Å². The number of phenolic OH excluding ortho intramolecular Hbond substituents is 1. The van der Waals surface area contributed by atoms with Crippen LogP contribution in [0.5, 0.6) is 5.75 Å². The van der Waals surface area contributed by atoms with E-state index in [2.05, 4.69) is 5.32 Å². The fraction of sp³-hybridized carbons (Fsp3) is 0.357. The number of nitrogens with one attached hydrogen (secondary N) is 1. The Morgan fingerprint density at radius 3 is 2.28 bits per heavy atom. The van der Waals surface area contributed by atoms with Gasteiger partial charge in [0.1, 0.15) is 5.75 Å². The number of hydrogen-bond acceptors (Lipinski definition) is 3. The standard InChI is InChI=1S/C14H17NO3/c1-9(2)14(18)15-13(10(3)16)8-11-4-6-12(17)7-5-11/h4-7,13H,8H2,1-3H3,(H-,15,17,18)/p+1. The van der Waals surface area contributed by atoms with Crippen LogP contribution < -0.4 is 5.32 Å². The zero-order chi connectivity index (χ0) is 13.7. The summed E-state index contributed by atoms with van der Waals surface area (Å²) < 4.78 is 0. The number of amides is 1. The van der Waals surface area contributed by atoms with Crippen molar-refractivity contribution in [3.63, 3.8) is 0 Å². The van der Waals surface area contributed by atoms with Crippen LogP contribution in [0, 0.1) is 5.92 Å². The lowest BCUT2D eigenvalue weighted by atomic mass is 10.0. The third-order valence-electron chi connectivity index (χ3n) is 2.63. The quantitative estimate of drug-likeness (QED) is 0.778. The summed E-state index contributed by atoms with van der Waals surface area (Å²) in [5, 5.41) is 11.9. The zero-order valence-corrected chi connectivity index (χ0v) is 10.9.